The second-order valence-corrected chi connectivity index (χ2v) is 5.64. The molecule has 0 aliphatic heterocycles. The Morgan fingerprint density at radius 1 is 1.32 bits per heavy atom. The number of halogens is 3. The number of alkyl halides is 3. The van der Waals surface area contributed by atoms with Crippen LogP contribution in [0.3, 0.4) is 0 Å². The van der Waals surface area contributed by atoms with Crippen LogP contribution in [0, 0.1) is 6.92 Å². The van der Waals surface area contributed by atoms with Gasteiger partial charge in [-0.15, -0.1) is 13.2 Å². The van der Waals surface area contributed by atoms with Gasteiger partial charge >= 0.3 is 6.36 Å². The normalized spacial score (nSPS) is 11.4. The molecule has 10 heteroatoms. The van der Waals surface area contributed by atoms with E-state index in [0.29, 0.717) is 16.5 Å². The molecule has 0 saturated carbocycles. The molecule has 1 amide bonds. The summed E-state index contributed by atoms with van der Waals surface area (Å²) in [6.45, 7) is 1.58. The van der Waals surface area contributed by atoms with Crippen molar-refractivity contribution in [3.63, 3.8) is 0 Å². The van der Waals surface area contributed by atoms with Crippen molar-refractivity contribution in [1.29, 1.82) is 0 Å². The highest BCUT2D eigenvalue weighted by atomic mass is 32.1. The first-order valence-corrected chi connectivity index (χ1v) is 7.64. The van der Waals surface area contributed by atoms with Crippen LogP contribution in [0.5, 0.6) is 5.75 Å². The van der Waals surface area contributed by atoms with Gasteiger partial charge in [0.05, 0.1) is 5.56 Å². The van der Waals surface area contributed by atoms with Crippen LogP contribution < -0.4 is 10.1 Å². The predicted octanol–water partition coefficient (Wildman–Crippen LogP) is 4.26. The van der Waals surface area contributed by atoms with Crippen LogP contribution in [0.4, 0.5) is 18.3 Å². The third-order valence-electron chi connectivity index (χ3n) is 3.10. The van der Waals surface area contributed by atoms with Crippen LogP contribution in [-0.2, 0) is 0 Å². The molecule has 1 N–H and O–H groups in total. The SMILES string of the molecule is Cc1oc(-c2cccc(OC(F)(F)F)c2)cc1C(=O)Nc1ncns1. The molecule has 3 rings (SSSR count). The van der Waals surface area contributed by atoms with Crippen molar-refractivity contribution in [2.75, 3.05) is 5.32 Å². The minimum Gasteiger partial charge on any atom is -0.461 e. The molecule has 0 saturated heterocycles. The fraction of sp³-hybridized carbons (Fsp3) is 0.133. The highest BCUT2D eigenvalue weighted by Crippen LogP contribution is 2.30. The summed E-state index contributed by atoms with van der Waals surface area (Å²) in [5.41, 5.74) is 0.590. The second kappa shape index (κ2) is 6.55. The van der Waals surface area contributed by atoms with Crippen LogP contribution in [0.25, 0.3) is 11.3 Å². The molecule has 0 atom stereocenters. The lowest BCUT2D eigenvalue weighted by Crippen LogP contribution is -2.17. The first-order chi connectivity index (χ1) is 11.8. The van der Waals surface area contributed by atoms with Crippen molar-refractivity contribution in [2.45, 2.75) is 13.3 Å². The zero-order valence-electron chi connectivity index (χ0n) is 12.6. The molecule has 0 radical (unpaired) electrons. The number of ether oxygens (including phenoxy) is 1. The molecule has 0 fully saturated rings. The number of nitrogens with one attached hydrogen (secondary N) is 1. The quantitative estimate of drug-likeness (QED) is 0.744. The van der Waals surface area contributed by atoms with Gasteiger partial charge in [-0.25, -0.2) is 4.98 Å². The zero-order valence-corrected chi connectivity index (χ0v) is 13.4. The van der Waals surface area contributed by atoms with Gasteiger partial charge in [-0.3, -0.25) is 10.1 Å². The smallest absolute Gasteiger partial charge is 0.461 e. The maximum Gasteiger partial charge on any atom is 0.573 e. The van der Waals surface area contributed by atoms with E-state index in [1.54, 1.807) is 13.0 Å². The van der Waals surface area contributed by atoms with E-state index < -0.39 is 12.3 Å². The van der Waals surface area contributed by atoms with E-state index in [2.05, 4.69) is 19.4 Å². The van der Waals surface area contributed by atoms with E-state index in [0.717, 1.165) is 11.5 Å². The summed E-state index contributed by atoms with van der Waals surface area (Å²) < 4.78 is 50.1. The molecule has 25 heavy (non-hydrogen) atoms. The Balaban J connectivity index is 1.84. The Kier molecular flexibility index (Phi) is 4.45. The Morgan fingerprint density at radius 3 is 2.80 bits per heavy atom. The number of carbonyl (C=O) groups is 1. The van der Waals surface area contributed by atoms with Gasteiger partial charge < -0.3 is 9.15 Å². The van der Waals surface area contributed by atoms with Crippen molar-refractivity contribution in [1.82, 2.24) is 9.36 Å². The van der Waals surface area contributed by atoms with E-state index in [1.807, 2.05) is 0 Å². The van der Waals surface area contributed by atoms with Crippen molar-refractivity contribution in [2.24, 2.45) is 0 Å². The summed E-state index contributed by atoms with van der Waals surface area (Å²) in [6, 6.07) is 6.75. The maximum atomic E-state index is 12.3. The molecule has 3 aromatic rings. The fourth-order valence-corrected chi connectivity index (χ4v) is 2.52. The van der Waals surface area contributed by atoms with Gasteiger partial charge in [-0.1, -0.05) is 12.1 Å². The average Bonchev–Trinajstić information content (AvgIpc) is 3.15. The topological polar surface area (TPSA) is 77.2 Å². The van der Waals surface area contributed by atoms with Crippen LogP contribution in [-0.4, -0.2) is 21.6 Å². The number of hydrogen-bond acceptors (Lipinski definition) is 6. The molecular formula is C15H10F3N3O3S. The number of carbonyl (C=O) groups excluding carboxylic acids is 1. The summed E-state index contributed by atoms with van der Waals surface area (Å²) in [6.07, 6.45) is -3.48. The molecule has 6 nitrogen and oxygen atoms in total. The van der Waals surface area contributed by atoms with E-state index in [9.17, 15) is 18.0 Å². The molecule has 0 aliphatic rings. The van der Waals surface area contributed by atoms with Gasteiger partial charge in [-0.2, -0.15) is 4.37 Å². The van der Waals surface area contributed by atoms with E-state index >= 15 is 0 Å². The lowest BCUT2D eigenvalue weighted by atomic mass is 10.1. The molecule has 0 bridgehead atoms. The summed E-state index contributed by atoms with van der Waals surface area (Å²) >= 11 is 1.02. The Morgan fingerprint density at radius 2 is 2.12 bits per heavy atom. The Bertz CT molecular complexity index is 891. The number of anilines is 1. The van der Waals surface area contributed by atoms with Crippen LogP contribution in [0.1, 0.15) is 16.1 Å². The molecule has 0 spiro atoms. The largest absolute Gasteiger partial charge is 0.573 e. The highest BCUT2D eigenvalue weighted by Gasteiger charge is 2.31. The average molecular weight is 369 g/mol. The summed E-state index contributed by atoms with van der Waals surface area (Å²) in [5, 5.41) is 2.89. The number of nitrogens with zero attached hydrogens (tertiary/aromatic N) is 2. The number of aryl methyl sites for hydroxylation is 1. The lowest BCUT2D eigenvalue weighted by molar-refractivity contribution is -0.274. The molecule has 1 aromatic carbocycles. The monoisotopic (exact) mass is 369 g/mol. The van der Waals surface area contributed by atoms with Crippen LogP contribution in [0.2, 0.25) is 0 Å². The third kappa shape index (κ3) is 4.15. The van der Waals surface area contributed by atoms with Gasteiger partial charge in [0.25, 0.3) is 5.91 Å². The summed E-state index contributed by atoms with van der Waals surface area (Å²) in [7, 11) is 0. The van der Waals surface area contributed by atoms with Gasteiger partial charge in [0, 0.05) is 17.1 Å². The van der Waals surface area contributed by atoms with Gasteiger partial charge in [0.15, 0.2) is 0 Å². The predicted molar refractivity (Wildman–Crippen MR) is 83.4 cm³/mol. The van der Waals surface area contributed by atoms with Crippen LogP contribution >= 0.6 is 11.5 Å². The minimum atomic E-state index is -4.79. The van der Waals surface area contributed by atoms with E-state index in [-0.39, 0.29) is 17.1 Å². The Hall–Kier alpha value is -2.88. The molecule has 2 heterocycles. The summed E-state index contributed by atoms with van der Waals surface area (Å²) in [5.74, 6) is -0.266. The fourth-order valence-electron chi connectivity index (χ4n) is 2.09. The first kappa shape index (κ1) is 17.0. The lowest BCUT2D eigenvalue weighted by Gasteiger charge is -2.09. The molecule has 130 valence electrons. The zero-order chi connectivity index (χ0) is 18.0. The first-order valence-electron chi connectivity index (χ1n) is 6.86. The van der Waals surface area contributed by atoms with Crippen molar-refractivity contribution in [3.05, 3.63) is 48.0 Å². The molecule has 0 aliphatic carbocycles. The number of hydrogen-bond donors (Lipinski definition) is 1. The van der Waals surface area contributed by atoms with Gasteiger partial charge in [0.1, 0.15) is 23.6 Å². The summed E-state index contributed by atoms with van der Waals surface area (Å²) in [4.78, 5) is 16.1. The third-order valence-corrected chi connectivity index (χ3v) is 3.68. The highest BCUT2D eigenvalue weighted by molar-refractivity contribution is 7.09. The van der Waals surface area contributed by atoms with Gasteiger partial charge in [0.2, 0.25) is 5.13 Å². The number of aromatic nitrogens is 2. The van der Waals surface area contributed by atoms with Crippen LogP contribution in [0.15, 0.2) is 41.1 Å². The molecule has 0 unspecified atom stereocenters. The number of furan rings is 1. The minimum absolute atomic E-state index is 0.243. The van der Waals surface area contributed by atoms with Crippen molar-refractivity contribution in [3.8, 4) is 17.1 Å². The van der Waals surface area contributed by atoms with Crippen molar-refractivity contribution >= 4 is 22.6 Å². The number of benzene rings is 1. The van der Waals surface area contributed by atoms with E-state index in [1.165, 1.54) is 30.6 Å². The second-order valence-electron chi connectivity index (χ2n) is 4.86. The molecular weight excluding hydrogens is 359 g/mol. The van der Waals surface area contributed by atoms with E-state index in [4.69, 9.17) is 4.42 Å². The molecule has 2 aromatic heterocycles. The standard InChI is InChI=1S/C15H10F3N3O3S/c1-8-11(13(22)21-14-19-7-20-25-14)6-12(23-8)9-3-2-4-10(5-9)24-15(16,17)18/h2-7H,1H3,(H,19,20,21,22). The number of amides is 1. The van der Waals surface area contributed by atoms with Crippen molar-refractivity contribution < 1.29 is 27.1 Å². The maximum absolute atomic E-state index is 12.3. The number of rotatable bonds is 4. The van der Waals surface area contributed by atoms with Gasteiger partial charge in [-0.05, 0) is 25.1 Å². The Labute approximate surface area is 143 Å².